The Morgan fingerprint density at radius 1 is 1.15 bits per heavy atom. The number of methoxy groups -OCH3 is 1. The number of tetrazole rings is 1. The van der Waals surface area contributed by atoms with Gasteiger partial charge in [-0.3, -0.25) is 0 Å². The number of ether oxygens (including phenoxy) is 2. The van der Waals surface area contributed by atoms with Crippen LogP contribution in [0.2, 0.25) is 10.0 Å². The lowest BCUT2D eigenvalue weighted by Crippen LogP contribution is -2.07. The van der Waals surface area contributed by atoms with E-state index in [2.05, 4.69) is 41.9 Å². The normalized spacial score (nSPS) is 10.6. The SMILES string of the molecule is COc1ccc(Br)c(CNc2nn[nH]n2)c1OCc1c(Cl)cccc1Cl. The minimum Gasteiger partial charge on any atom is -0.493 e. The summed E-state index contributed by atoms with van der Waals surface area (Å²) in [7, 11) is 1.58. The van der Waals surface area contributed by atoms with Crippen LogP contribution in [0.3, 0.4) is 0 Å². The van der Waals surface area contributed by atoms with E-state index < -0.39 is 0 Å². The van der Waals surface area contributed by atoms with Crippen molar-refractivity contribution in [3.8, 4) is 11.5 Å². The van der Waals surface area contributed by atoms with Crippen molar-refractivity contribution in [2.45, 2.75) is 13.2 Å². The van der Waals surface area contributed by atoms with Crippen molar-refractivity contribution in [3.63, 3.8) is 0 Å². The van der Waals surface area contributed by atoms with Gasteiger partial charge in [-0.1, -0.05) is 50.3 Å². The number of aromatic amines is 1. The highest BCUT2D eigenvalue weighted by Crippen LogP contribution is 2.38. The molecule has 0 bridgehead atoms. The van der Waals surface area contributed by atoms with Gasteiger partial charge in [-0.2, -0.15) is 5.21 Å². The minimum absolute atomic E-state index is 0.195. The van der Waals surface area contributed by atoms with Gasteiger partial charge in [0.25, 0.3) is 5.95 Å². The van der Waals surface area contributed by atoms with Gasteiger partial charge in [-0.05, 0) is 29.5 Å². The molecule has 0 atom stereocenters. The number of aromatic nitrogens is 4. The highest BCUT2D eigenvalue weighted by molar-refractivity contribution is 9.10. The van der Waals surface area contributed by atoms with Gasteiger partial charge in [0.15, 0.2) is 11.5 Å². The summed E-state index contributed by atoms with van der Waals surface area (Å²) in [6, 6.07) is 9.01. The standard InChI is InChI=1S/C16H14BrCl2N5O2/c1-25-14-6-5-11(17)9(7-20-16-21-23-24-22-16)15(14)26-8-10-12(18)3-2-4-13(10)19/h2-6H,7-8H2,1H3,(H2,20,21,22,23,24). The number of H-pyrrole nitrogens is 1. The highest BCUT2D eigenvalue weighted by Gasteiger charge is 2.17. The summed E-state index contributed by atoms with van der Waals surface area (Å²) in [4.78, 5) is 0. The van der Waals surface area contributed by atoms with Crippen molar-refractivity contribution in [2.75, 3.05) is 12.4 Å². The molecule has 0 amide bonds. The summed E-state index contributed by atoms with van der Waals surface area (Å²) in [6.07, 6.45) is 0. The molecule has 3 rings (SSSR count). The van der Waals surface area contributed by atoms with E-state index >= 15 is 0 Å². The Bertz CT molecular complexity index is 872. The molecule has 0 aliphatic heterocycles. The van der Waals surface area contributed by atoms with E-state index in [0.29, 0.717) is 39.6 Å². The van der Waals surface area contributed by atoms with Gasteiger partial charge in [-0.25, -0.2) is 0 Å². The molecule has 0 fully saturated rings. The molecular weight excluding hydrogens is 445 g/mol. The van der Waals surface area contributed by atoms with Crippen molar-refractivity contribution in [1.82, 2.24) is 20.6 Å². The van der Waals surface area contributed by atoms with Gasteiger partial charge < -0.3 is 14.8 Å². The summed E-state index contributed by atoms with van der Waals surface area (Å²) in [5.74, 6) is 1.52. The van der Waals surface area contributed by atoms with Crippen LogP contribution >= 0.6 is 39.1 Å². The Balaban J connectivity index is 1.87. The number of nitrogens with zero attached hydrogens (tertiary/aromatic N) is 3. The Morgan fingerprint density at radius 2 is 1.92 bits per heavy atom. The topological polar surface area (TPSA) is 85.0 Å². The largest absolute Gasteiger partial charge is 0.493 e. The maximum Gasteiger partial charge on any atom is 0.263 e. The van der Waals surface area contributed by atoms with Crippen molar-refractivity contribution >= 4 is 45.1 Å². The molecular formula is C16H14BrCl2N5O2. The number of anilines is 1. The maximum absolute atomic E-state index is 6.22. The van der Waals surface area contributed by atoms with Crippen molar-refractivity contribution in [3.05, 3.63) is 56.0 Å². The van der Waals surface area contributed by atoms with Crippen LogP contribution in [-0.2, 0) is 13.2 Å². The molecule has 0 aliphatic rings. The number of nitrogens with one attached hydrogen (secondary N) is 2. The zero-order valence-electron chi connectivity index (χ0n) is 13.6. The van der Waals surface area contributed by atoms with Gasteiger partial charge in [0, 0.05) is 32.2 Å². The Hall–Kier alpha value is -2.03. The van der Waals surface area contributed by atoms with Crippen molar-refractivity contribution < 1.29 is 9.47 Å². The molecule has 0 aliphatic carbocycles. The average molecular weight is 459 g/mol. The average Bonchev–Trinajstić information content (AvgIpc) is 3.14. The van der Waals surface area contributed by atoms with Crippen LogP contribution in [0, 0.1) is 0 Å². The predicted molar refractivity (Wildman–Crippen MR) is 103 cm³/mol. The zero-order chi connectivity index (χ0) is 18.5. The van der Waals surface area contributed by atoms with Crippen LogP contribution < -0.4 is 14.8 Å². The van der Waals surface area contributed by atoms with Crippen LogP contribution in [0.4, 0.5) is 5.95 Å². The van der Waals surface area contributed by atoms with E-state index in [1.54, 1.807) is 25.3 Å². The van der Waals surface area contributed by atoms with Gasteiger partial charge in [0.05, 0.1) is 7.11 Å². The first-order chi connectivity index (χ1) is 12.6. The number of halogens is 3. The molecule has 0 spiro atoms. The lowest BCUT2D eigenvalue weighted by atomic mass is 10.1. The van der Waals surface area contributed by atoms with E-state index in [1.165, 1.54) is 0 Å². The Labute approximate surface area is 168 Å². The van der Waals surface area contributed by atoms with Crippen molar-refractivity contribution in [1.29, 1.82) is 0 Å². The molecule has 0 saturated heterocycles. The third-order valence-electron chi connectivity index (χ3n) is 3.58. The van der Waals surface area contributed by atoms with Crippen LogP contribution in [0.1, 0.15) is 11.1 Å². The van der Waals surface area contributed by atoms with Crippen LogP contribution in [0.5, 0.6) is 11.5 Å². The molecule has 0 unspecified atom stereocenters. The fraction of sp³-hybridized carbons (Fsp3) is 0.188. The van der Waals surface area contributed by atoms with E-state index in [0.717, 1.165) is 10.0 Å². The lowest BCUT2D eigenvalue weighted by molar-refractivity contribution is 0.281. The summed E-state index contributed by atoms with van der Waals surface area (Å²) in [5, 5.41) is 17.8. The number of hydrogen-bond donors (Lipinski definition) is 2. The zero-order valence-corrected chi connectivity index (χ0v) is 16.7. The number of rotatable bonds is 7. The van der Waals surface area contributed by atoms with Crippen LogP contribution in [0.25, 0.3) is 0 Å². The minimum atomic E-state index is 0.195. The number of hydrogen-bond acceptors (Lipinski definition) is 6. The first-order valence-corrected chi connectivity index (χ1v) is 9.03. The molecule has 1 heterocycles. The molecule has 26 heavy (non-hydrogen) atoms. The quantitative estimate of drug-likeness (QED) is 0.543. The molecule has 0 radical (unpaired) electrons. The fourth-order valence-electron chi connectivity index (χ4n) is 2.28. The second-order valence-electron chi connectivity index (χ2n) is 5.14. The fourth-order valence-corrected chi connectivity index (χ4v) is 3.24. The maximum atomic E-state index is 6.22. The second-order valence-corrected chi connectivity index (χ2v) is 6.80. The molecule has 7 nitrogen and oxygen atoms in total. The molecule has 1 aromatic heterocycles. The van der Waals surface area contributed by atoms with Gasteiger partial charge in [0.2, 0.25) is 0 Å². The number of benzene rings is 2. The monoisotopic (exact) mass is 457 g/mol. The first kappa shape index (κ1) is 18.8. The highest BCUT2D eigenvalue weighted by atomic mass is 79.9. The molecule has 2 aromatic carbocycles. The predicted octanol–water partition coefficient (Wildman–Crippen LogP) is 4.47. The molecule has 3 aromatic rings. The molecule has 10 heteroatoms. The smallest absolute Gasteiger partial charge is 0.263 e. The lowest BCUT2D eigenvalue weighted by Gasteiger charge is -2.17. The summed E-state index contributed by atoms with van der Waals surface area (Å²) < 4.78 is 12.3. The van der Waals surface area contributed by atoms with E-state index in [1.807, 2.05) is 12.1 Å². The first-order valence-electron chi connectivity index (χ1n) is 7.48. The summed E-state index contributed by atoms with van der Waals surface area (Å²) in [6.45, 7) is 0.587. The van der Waals surface area contributed by atoms with Crippen molar-refractivity contribution in [2.24, 2.45) is 0 Å². The molecule has 0 saturated carbocycles. The second kappa shape index (κ2) is 8.57. The Kier molecular flexibility index (Phi) is 6.18. The Morgan fingerprint density at radius 3 is 2.58 bits per heavy atom. The molecule has 2 N–H and O–H groups in total. The summed E-state index contributed by atoms with van der Waals surface area (Å²) in [5.41, 5.74) is 1.53. The molecule has 136 valence electrons. The van der Waals surface area contributed by atoms with Gasteiger partial charge in [0.1, 0.15) is 6.61 Å². The van der Waals surface area contributed by atoms with Gasteiger partial charge >= 0.3 is 0 Å². The van der Waals surface area contributed by atoms with Gasteiger partial charge in [-0.15, -0.1) is 5.10 Å². The van der Waals surface area contributed by atoms with E-state index in [-0.39, 0.29) is 6.61 Å². The summed E-state index contributed by atoms with van der Waals surface area (Å²) >= 11 is 16.0. The van der Waals surface area contributed by atoms with E-state index in [9.17, 15) is 0 Å². The third-order valence-corrected chi connectivity index (χ3v) is 5.03. The van der Waals surface area contributed by atoms with E-state index in [4.69, 9.17) is 32.7 Å². The van der Waals surface area contributed by atoms with Crippen LogP contribution in [0.15, 0.2) is 34.8 Å². The third kappa shape index (κ3) is 4.20. The van der Waals surface area contributed by atoms with Crippen LogP contribution in [-0.4, -0.2) is 27.7 Å².